The summed E-state index contributed by atoms with van der Waals surface area (Å²) in [4.78, 5) is 11.8. The highest BCUT2D eigenvalue weighted by Gasteiger charge is 2.14. The molecule has 0 fully saturated rings. The van der Waals surface area contributed by atoms with E-state index in [2.05, 4.69) is 26.2 Å². The molecule has 8 nitrogen and oxygen atoms in total. The number of thioether (sulfide) groups is 1. The molecule has 0 aliphatic heterocycles. The molecule has 0 aliphatic carbocycles. The first-order chi connectivity index (χ1) is 15.4. The maximum Gasteiger partial charge on any atom is 0.258 e. The van der Waals surface area contributed by atoms with Crippen LogP contribution < -0.4 is 15.4 Å². The molecule has 0 bridgehead atoms. The van der Waals surface area contributed by atoms with E-state index in [0.29, 0.717) is 5.75 Å². The highest BCUT2D eigenvalue weighted by molar-refractivity contribution is 7.99. The first-order valence-corrected chi connectivity index (χ1v) is 11.6. The third-order valence-electron chi connectivity index (χ3n) is 4.31. The van der Waals surface area contributed by atoms with E-state index in [1.54, 1.807) is 16.4 Å². The molecule has 9 heteroatoms. The summed E-state index contributed by atoms with van der Waals surface area (Å²) in [6, 6.07) is 17.7. The summed E-state index contributed by atoms with van der Waals surface area (Å²) < 4.78 is 7.31. The Labute approximate surface area is 193 Å². The van der Waals surface area contributed by atoms with Crippen molar-refractivity contribution in [2.75, 3.05) is 18.9 Å². The number of aromatic nitrogens is 4. The van der Waals surface area contributed by atoms with Gasteiger partial charge in [0.1, 0.15) is 5.75 Å². The van der Waals surface area contributed by atoms with Crippen LogP contribution in [-0.4, -0.2) is 50.6 Å². The quantitative estimate of drug-likeness (QED) is 0.339. The highest BCUT2D eigenvalue weighted by atomic mass is 32.2. The lowest BCUT2D eigenvalue weighted by Gasteiger charge is -2.20. The summed E-state index contributed by atoms with van der Waals surface area (Å²) in [5.74, 6) is 1.48. The second-order valence-electron chi connectivity index (χ2n) is 8.32. The molecule has 0 spiro atoms. The second kappa shape index (κ2) is 11.6. The van der Waals surface area contributed by atoms with Crippen molar-refractivity contribution in [3.05, 3.63) is 60.2 Å². The summed E-state index contributed by atoms with van der Waals surface area (Å²) in [7, 11) is 0. The van der Waals surface area contributed by atoms with Gasteiger partial charge in [0, 0.05) is 17.8 Å². The zero-order chi connectivity index (χ0) is 22.8. The molecule has 170 valence electrons. The number of hydrogen-bond donors (Lipinski definition) is 2. The summed E-state index contributed by atoms with van der Waals surface area (Å²) in [5.41, 5.74) is 1.86. The fourth-order valence-corrected chi connectivity index (χ4v) is 3.73. The molecule has 0 unspecified atom stereocenters. The lowest BCUT2D eigenvalue weighted by Crippen LogP contribution is -2.43. The van der Waals surface area contributed by atoms with Crippen molar-refractivity contribution < 1.29 is 9.53 Å². The summed E-state index contributed by atoms with van der Waals surface area (Å²) >= 11 is 1.65. The average Bonchev–Trinajstić information content (AvgIpc) is 3.23. The molecule has 0 saturated heterocycles. The molecule has 0 saturated carbocycles. The van der Waals surface area contributed by atoms with Gasteiger partial charge in [0.15, 0.2) is 6.61 Å². The zero-order valence-corrected chi connectivity index (χ0v) is 19.6. The SMILES string of the molecule is CC(C)(C)NC(=O)COc1ccc(CNCCCSc2nnnn2-c2ccccc2)cc1. The summed E-state index contributed by atoms with van der Waals surface area (Å²) in [6.45, 7) is 7.51. The number of nitrogens with zero attached hydrogens (tertiary/aromatic N) is 4. The Bertz CT molecular complexity index is 970. The number of hydrogen-bond acceptors (Lipinski definition) is 7. The van der Waals surface area contributed by atoms with Gasteiger partial charge in [-0.15, -0.1) is 5.10 Å². The number of benzene rings is 2. The van der Waals surface area contributed by atoms with Crippen LogP contribution in [0.2, 0.25) is 0 Å². The van der Waals surface area contributed by atoms with E-state index in [1.165, 1.54) is 0 Å². The third kappa shape index (κ3) is 7.97. The highest BCUT2D eigenvalue weighted by Crippen LogP contribution is 2.18. The summed E-state index contributed by atoms with van der Waals surface area (Å²) in [5, 5.41) is 19.1. The molecular formula is C23H30N6O2S. The van der Waals surface area contributed by atoms with E-state index in [-0.39, 0.29) is 18.1 Å². The maximum absolute atomic E-state index is 11.8. The van der Waals surface area contributed by atoms with E-state index in [1.807, 2.05) is 75.4 Å². The number of para-hydroxylation sites is 1. The van der Waals surface area contributed by atoms with Gasteiger partial charge < -0.3 is 15.4 Å². The first kappa shape index (κ1) is 23.7. The van der Waals surface area contributed by atoms with Crippen molar-refractivity contribution in [1.29, 1.82) is 0 Å². The molecule has 1 aromatic heterocycles. The third-order valence-corrected chi connectivity index (χ3v) is 5.31. The lowest BCUT2D eigenvalue weighted by molar-refractivity contribution is -0.124. The number of tetrazole rings is 1. The Morgan fingerprint density at radius 2 is 1.84 bits per heavy atom. The molecule has 2 aromatic carbocycles. The van der Waals surface area contributed by atoms with Crippen LogP contribution in [-0.2, 0) is 11.3 Å². The fraction of sp³-hybridized carbons (Fsp3) is 0.391. The standard InChI is InChI=1S/C23H30N6O2S/c1-23(2,3)25-21(30)17-31-20-12-10-18(11-13-20)16-24-14-7-15-32-22-26-27-28-29(22)19-8-5-4-6-9-19/h4-6,8-13,24H,7,14-17H2,1-3H3,(H,25,30). The van der Waals surface area contributed by atoms with E-state index >= 15 is 0 Å². The second-order valence-corrected chi connectivity index (χ2v) is 9.38. The van der Waals surface area contributed by atoms with E-state index in [4.69, 9.17) is 4.74 Å². The van der Waals surface area contributed by atoms with Crippen molar-refractivity contribution in [2.24, 2.45) is 0 Å². The molecule has 0 radical (unpaired) electrons. The van der Waals surface area contributed by atoms with Crippen LogP contribution >= 0.6 is 11.8 Å². The number of ether oxygens (including phenoxy) is 1. The van der Waals surface area contributed by atoms with Crippen LogP contribution in [0, 0.1) is 0 Å². The molecular weight excluding hydrogens is 424 g/mol. The van der Waals surface area contributed by atoms with E-state index < -0.39 is 0 Å². The molecule has 3 rings (SSSR count). The van der Waals surface area contributed by atoms with E-state index in [0.717, 1.165) is 41.7 Å². The minimum atomic E-state index is -0.259. The maximum atomic E-state index is 11.8. The van der Waals surface area contributed by atoms with Gasteiger partial charge in [-0.1, -0.05) is 42.1 Å². The van der Waals surface area contributed by atoms with E-state index in [9.17, 15) is 4.79 Å². The monoisotopic (exact) mass is 454 g/mol. The number of amides is 1. The Morgan fingerprint density at radius 1 is 1.09 bits per heavy atom. The van der Waals surface area contributed by atoms with Gasteiger partial charge in [-0.3, -0.25) is 4.79 Å². The number of carbonyl (C=O) groups is 1. The van der Waals surface area contributed by atoms with Crippen LogP contribution in [0.5, 0.6) is 5.75 Å². The minimum Gasteiger partial charge on any atom is -0.484 e. The van der Waals surface area contributed by atoms with Crippen molar-refractivity contribution in [1.82, 2.24) is 30.8 Å². The topological polar surface area (TPSA) is 94.0 Å². The van der Waals surface area contributed by atoms with Gasteiger partial charge in [0.25, 0.3) is 5.91 Å². The molecule has 1 amide bonds. The van der Waals surface area contributed by atoms with Gasteiger partial charge in [0.2, 0.25) is 5.16 Å². The largest absolute Gasteiger partial charge is 0.484 e. The molecule has 1 heterocycles. The van der Waals surface area contributed by atoms with Crippen LogP contribution in [0.3, 0.4) is 0 Å². The van der Waals surface area contributed by atoms with Crippen LogP contribution in [0.25, 0.3) is 5.69 Å². The zero-order valence-electron chi connectivity index (χ0n) is 18.7. The van der Waals surface area contributed by atoms with Gasteiger partial charge in [0.05, 0.1) is 5.69 Å². The smallest absolute Gasteiger partial charge is 0.258 e. The van der Waals surface area contributed by atoms with Crippen LogP contribution in [0.15, 0.2) is 59.8 Å². The van der Waals surface area contributed by atoms with Crippen molar-refractivity contribution >= 4 is 17.7 Å². The molecule has 0 atom stereocenters. The number of nitrogens with one attached hydrogen (secondary N) is 2. The fourth-order valence-electron chi connectivity index (χ4n) is 2.90. The van der Waals surface area contributed by atoms with Gasteiger partial charge in [-0.05, 0) is 74.0 Å². The normalized spacial score (nSPS) is 11.3. The predicted molar refractivity (Wildman–Crippen MR) is 126 cm³/mol. The lowest BCUT2D eigenvalue weighted by atomic mass is 10.1. The molecule has 32 heavy (non-hydrogen) atoms. The predicted octanol–water partition coefficient (Wildman–Crippen LogP) is 3.23. The van der Waals surface area contributed by atoms with Gasteiger partial charge in [-0.2, -0.15) is 4.68 Å². The Morgan fingerprint density at radius 3 is 2.56 bits per heavy atom. The summed E-state index contributed by atoms with van der Waals surface area (Å²) in [6.07, 6.45) is 0.996. The van der Waals surface area contributed by atoms with Crippen LogP contribution in [0.4, 0.5) is 0 Å². The minimum absolute atomic E-state index is 0.0140. The van der Waals surface area contributed by atoms with Crippen molar-refractivity contribution in [3.63, 3.8) is 0 Å². The first-order valence-electron chi connectivity index (χ1n) is 10.6. The Hall–Kier alpha value is -2.91. The van der Waals surface area contributed by atoms with Gasteiger partial charge >= 0.3 is 0 Å². The average molecular weight is 455 g/mol. The molecule has 2 N–H and O–H groups in total. The molecule has 0 aliphatic rings. The van der Waals surface area contributed by atoms with Gasteiger partial charge in [-0.25, -0.2) is 0 Å². The Kier molecular flexibility index (Phi) is 8.64. The molecule has 3 aromatic rings. The van der Waals surface area contributed by atoms with Crippen molar-refractivity contribution in [2.45, 2.75) is 44.4 Å². The number of carbonyl (C=O) groups excluding carboxylic acids is 1. The Balaban J connectivity index is 1.32. The van der Waals surface area contributed by atoms with Crippen molar-refractivity contribution in [3.8, 4) is 11.4 Å². The van der Waals surface area contributed by atoms with Crippen LogP contribution in [0.1, 0.15) is 32.8 Å². The number of rotatable bonds is 11.